The summed E-state index contributed by atoms with van der Waals surface area (Å²) in [5.74, 6) is 1.35. The number of hydrogen-bond acceptors (Lipinski definition) is 4. The van der Waals surface area contributed by atoms with Crippen molar-refractivity contribution in [3.63, 3.8) is 0 Å². The van der Waals surface area contributed by atoms with Gasteiger partial charge in [0, 0.05) is 34.0 Å². The molecule has 2 atom stereocenters. The van der Waals surface area contributed by atoms with E-state index in [0.29, 0.717) is 6.04 Å². The molecule has 3 heterocycles. The number of nitrogens with one attached hydrogen (secondary N) is 1. The van der Waals surface area contributed by atoms with Gasteiger partial charge in [0.2, 0.25) is 0 Å². The maximum atomic E-state index is 3.80. The smallest absolute Gasteiger partial charge is 0.0463 e. The molecule has 0 radical (unpaired) electrons. The molecule has 1 aliphatic heterocycles. The minimum Gasteiger partial charge on any atom is -0.308 e. The van der Waals surface area contributed by atoms with Crippen molar-refractivity contribution < 1.29 is 0 Å². The van der Waals surface area contributed by atoms with Crippen molar-refractivity contribution in [3.8, 4) is 0 Å². The normalized spacial score (nSPS) is 20.7. The van der Waals surface area contributed by atoms with Crippen LogP contribution in [0.4, 0.5) is 0 Å². The summed E-state index contributed by atoms with van der Waals surface area (Å²) >= 11 is 5.87. The van der Waals surface area contributed by atoms with Crippen LogP contribution in [0.2, 0.25) is 0 Å². The van der Waals surface area contributed by atoms with Crippen LogP contribution in [0.1, 0.15) is 28.6 Å². The highest BCUT2D eigenvalue weighted by atomic mass is 32.2. The molecule has 2 aromatic heterocycles. The van der Waals surface area contributed by atoms with Gasteiger partial charge in [-0.3, -0.25) is 0 Å². The van der Waals surface area contributed by atoms with E-state index < -0.39 is 0 Å². The Kier molecular flexibility index (Phi) is 4.99. The third-order valence-corrected chi connectivity index (χ3v) is 6.77. The van der Waals surface area contributed by atoms with Crippen LogP contribution in [0.25, 0.3) is 0 Å². The van der Waals surface area contributed by atoms with Crippen LogP contribution in [-0.4, -0.2) is 17.5 Å². The SMILES string of the molecule is c1csc(CC(NCC2CCCS2)c2cccs2)c1. The predicted molar refractivity (Wildman–Crippen MR) is 88.6 cm³/mol. The van der Waals surface area contributed by atoms with E-state index in [1.807, 2.05) is 22.7 Å². The molecule has 1 saturated heterocycles. The van der Waals surface area contributed by atoms with Crippen LogP contribution in [0, 0.1) is 0 Å². The van der Waals surface area contributed by atoms with Gasteiger partial charge in [-0.15, -0.1) is 22.7 Å². The molecule has 0 bridgehead atoms. The Hall–Kier alpha value is -0.290. The summed E-state index contributed by atoms with van der Waals surface area (Å²) < 4.78 is 0. The third-order valence-electron chi connectivity index (χ3n) is 3.49. The molecule has 1 aliphatic rings. The molecule has 4 heteroatoms. The summed E-state index contributed by atoms with van der Waals surface area (Å²) in [6, 6.07) is 9.31. The minimum atomic E-state index is 0.486. The van der Waals surface area contributed by atoms with Crippen LogP contribution >= 0.6 is 34.4 Å². The fourth-order valence-electron chi connectivity index (χ4n) is 2.47. The zero-order chi connectivity index (χ0) is 12.9. The summed E-state index contributed by atoms with van der Waals surface area (Å²) in [7, 11) is 0. The molecular formula is C15H19NS3. The van der Waals surface area contributed by atoms with E-state index in [0.717, 1.165) is 18.2 Å². The van der Waals surface area contributed by atoms with Gasteiger partial charge >= 0.3 is 0 Å². The van der Waals surface area contributed by atoms with Crippen LogP contribution in [-0.2, 0) is 6.42 Å². The highest BCUT2D eigenvalue weighted by Crippen LogP contribution is 2.28. The molecule has 0 saturated carbocycles. The Morgan fingerprint density at radius 1 is 1.21 bits per heavy atom. The second-order valence-corrected chi connectivity index (χ2v) is 8.31. The molecule has 0 spiro atoms. The minimum absolute atomic E-state index is 0.486. The van der Waals surface area contributed by atoms with Gasteiger partial charge in [0.1, 0.15) is 0 Å². The van der Waals surface area contributed by atoms with Gasteiger partial charge in [-0.25, -0.2) is 0 Å². The molecule has 102 valence electrons. The highest BCUT2D eigenvalue weighted by molar-refractivity contribution is 8.00. The number of thioether (sulfide) groups is 1. The Balaban J connectivity index is 1.62. The van der Waals surface area contributed by atoms with Crippen LogP contribution < -0.4 is 5.32 Å². The monoisotopic (exact) mass is 309 g/mol. The molecule has 2 unspecified atom stereocenters. The molecule has 0 aromatic carbocycles. The average Bonchev–Trinajstić information content (AvgIpc) is 3.15. The van der Waals surface area contributed by atoms with Gasteiger partial charge in [-0.1, -0.05) is 12.1 Å². The molecule has 1 fully saturated rings. The van der Waals surface area contributed by atoms with E-state index in [2.05, 4.69) is 52.1 Å². The third kappa shape index (κ3) is 3.85. The van der Waals surface area contributed by atoms with Gasteiger partial charge in [-0.05, 0) is 41.5 Å². The first-order chi connectivity index (χ1) is 9.42. The fourth-order valence-corrected chi connectivity index (χ4v) is 5.24. The summed E-state index contributed by atoms with van der Waals surface area (Å²) in [4.78, 5) is 2.95. The van der Waals surface area contributed by atoms with Gasteiger partial charge in [0.25, 0.3) is 0 Å². The van der Waals surface area contributed by atoms with Crippen LogP contribution in [0.5, 0.6) is 0 Å². The van der Waals surface area contributed by atoms with Crippen molar-refractivity contribution in [2.24, 2.45) is 0 Å². The van der Waals surface area contributed by atoms with E-state index in [9.17, 15) is 0 Å². The second kappa shape index (κ2) is 6.93. The van der Waals surface area contributed by atoms with Crippen molar-refractivity contribution in [2.45, 2.75) is 30.6 Å². The molecule has 1 nitrogen and oxygen atoms in total. The zero-order valence-electron chi connectivity index (χ0n) is 10.9. The molecule has 0 amide bonds. The lowest BCUT2D eigenvalue weighted by Crippen LogP contribution is -2.28. The summed E-state index contributed by atoms with van der Waals surface area (Å²) in [6.45, 7) is 1.15. The van der Waals surface area contributed by atoms with Crippen molar-refractivity contribution in [1.29, 1.82) is 0 Å². The molecular weight excluding hydrogens is 290 g/mol. The maximum Gasteiger partial charge on any atom is 0.0463 e. The lowest BCUT2D eigenvalue weighted by molar-refractivity contribution is 0.531. The topological polar surface area (TPSA) is 12.0 Å². The Morgan fingerprint density at radius 3 is 2.79 bits per heavy atom. The first-order valence-electron chi connectivity index (χ1n) is 6.82. The highest BCUT2D eigenvalue weighted by Gasteiger charge is 2.19. The lowest BCUT2D eigenvalue weighted by atomic mass is 10.1. The Labute approximate surface area is 127 Å². The molecule has 19 heavy (non-hydrogen) atoms. The van der Waals surface area contributed by atoms with E-state index in [4.69, 9.17) is 0 Å². The number of rotatable bonds is 6. The first-order valence-corrected chi connectivity index (χ1v) is 9.63. The second-order valence-electron chi connectivity index (χ2n) is 4.89. The fraction of sp³-hybridized carbons (Fsp3) is 0.467. The molecule has 2 aromatic rings. The van der Waals surface area contributed by atoms with E-state index in [-0.39, 0.29) is 0 Å². The van der Waals surface area contributed by atoms with E-state index >= 15 is 0 Å². The van der Waals surface area contributed by atoms with Gasteiger partial charge < -0.3 is 5.32 Å². The largest absolute Gasteiger partial charge is 0.308 e. The van der Waals surface area contributed by atoms with Crippen LogP contribution in [0.3, 0.4) is 0 Å². The van der Waals surface area contributed by atoms with Gasteiger partial charge in [0.15, 0.2) is 0 Å². The lowest BCUT2D eigenvalue weighted by Gasteiger charge is -2.19. The predicted octanol–water partition coefficient (Wildman–Crippen LogP) is 4.58. The summed E-state index contributed by atoms with van der Waals surface area (Å²) in [5.41, 5.74) is 0. The molecule has 0 aliphatic carbocycles. The number of thiophene rings is 2. The summed E-state index contributed by atoms with van der Waals surface area (Å²) in [5, 5.41) is 8.98. The Morgan fingerprint density at radius 2 is 2.11 bits per heavy atom. The van der Waals surface area contributed by atoms with E-state index in [1.54, 1.807) is 0 Å². The zero-order valence-corrected chi connectivity index (χ0v) is 13.3. The first kappa shape index (κ1) is 13.7. The van der Waals surface area contributed by atoms with Crippen molar-refractivity contribution in [2.75, 3.05) is 12.3 Å². The number of hydrogen-bond donors (Lipinski definition) is 1. The Bertz CT molecular complexity index is 458. The van der Waals surface area contributed by atoms with Crippen molar-refractivity contribution in [3.05, 3.63) is 44.8 Å². The average molecular weight is 310 g/mol. The summed E-state index contributed by atoms with van der Waals surface area (Å²) in [6.07, 6.45) is 3.90. The van der Waals surface area contributed by atoms with Gasteiger partial charge in [0.05, 0.1) is 0 Å². The van der Waals surface area contributed by atoms with E-state index in [1.165, 1.54) is 28.3 Å². The maximum absolute atomic E-state index is 3.80. The van der Waals surface area contributed by atoms with Crippen LogP contribution in [0.15, 0.2) is 35.0 Å². The molecule has 1 N–H and O–H groups in total. The van der Waals surface area contributed by atoms with Crippen molar-refractivity contribution in [1.82, 2.24) is 5.32 Å². The standard InChI is InChI=1S/C15H19NS3/c1-4-12(17-7-1)10-14(15-6-3-9-19-15)16-11-13-5-2-8-18-13/h1,3-4,6-7,9,13-14,16H,2,5,8,10-11H2. The quantitative estimate of drug-likeness (QED) is 0.838. The van der Waals surface area contributed by atoms with Gasteiger partial charge in [-0.2, -0.15) is 11.8 Å². The van der Waals surface area contributed by atoms with Crippen molar-refractivity contribution >= 4 is 34.4 Å². The molecule has 3 rings (SSSR count).